The van der Waals surface area contributed by atoms with Crippen LogP contribution in [-0.2, 0) is 11.3 Å². The summed E-state index contributed by atoms with van der Waals surface area (Å²) >= 11 is 0. The van der Waals surface area contributed by atoms with Crippen molar-refractivity contribution < 1.29 is 14.3 Å². The Kier molecular flexibility index (Phi) is 2.21. The normalized spacial score (nSPS) is 12.4. The minimum atomic E-state index is 0.260. The predicted molar refractivity (Wildman–Crippen MR) is 49.1 cm³/mol. The lowest BCUT2D eigenvalue weighted by Crippen LogP contribution is -1.93. The van der Waals surface area contributed by atoms with Gasteiger partial charge in [0.1, 0.15) is 0 Å². The summed E-state index contributed by atoms with van der Waals surface area (Å²) in [6.07, 6.45) is 1.51. The van der Waals surface area contributed by atoms with Crippen molar-refractivity contribution in [1.82, 2.24) is 0 Å². The highest BCUT2D eigenvalue weighted by Gasteiger charge is 2.16. The number of nitrogens with zero attached hydrogens (tertiary/aromatic N) is 1. The van der Waals surface area contributed by atoms with Crippen molar-refractivity contribution in [3.8, 4) is 11.5 Å². The molecular weight excluding hydrogens is 182 g/mol. The van der Waals surface area contributed by atoms with Gasteiger partial charge >= 0.3 is 0 Å². The third kappa shape index (κ3) is 1.47. The van der Waals surface area contributed by atoms with Gasteiger partial charge in [-0.25, -0.2) is 9.79 Å². The van der Waals surface area contributed by atoms with E-state index in [-0.39, 0.29) is 6.79 Å². The van der Waals surface area contributed by atoms with Gasteiger partial charge in [0, 0.05) is 0 Å². The van der Waals surface area contributed by atoms with Crippen molar-refractivity contribution >= 4 is 6.08 Å². The average Bonchev–Trinajstić information content (AvgIpc) is 2.63. The lowest BCUT2D eigenvalue weighted by Gasteiger charge is -2.02. The van der Waals surface area contributed by atoms with E-state index in [1.54, 1.807) is 0 Å². The van der Waals surface area contributed by atoms with Gasteiger partial charge in [-0.1, -0.05) is 6.07 Å². The summed E-state index contributed by atoms with van der Waals surface area (Å²) in [7, 11) is 0. The molecule has 0 aromatic heterocycles. The van der Waals surface area contributed by atoms with E-state index < -0.39 is 0 Å². The number of benzene rings is 1. The van der Waals surface area contributed by atoms with Gasteiger partial charge < -0.3 is 9.47 Å². The Morgan fingerprint density at radius 1 is 1.50 bits per heavy atom. The molecule has 1 aromatic rings. The third-order valence-electron chi connectivity index (χ3n) is 2.04. The molecule has 0 bridgehead atoms. The third-order valence-corrected chi connectivity index (χ3v) is 2.04. The van der Waals surface area contributed by atoms with Crippen LogP contribution in [-0.4, -0.2) is 12.9 Å². The number of carbonyl (C=O) groups excluding carboxylic acids is 1. The molecule has 0 atom stereocenters. The van der Waals surface area contributed by atoms with Crippen LogP contribution in [0.5, 0.6) is 11.5 Å². The Labute approximate surface area is 81.2 Å². The zero-order chi connectivity index (χ0) is 9.97. The summed E-state index contributed by atoms with van der Waals surface area (Å²) in [6, 6.07) is 3.75. The first kappa shape index (κ1) is 8.78. The molecule has 4 nitrogen and oxygen atoms in total. The molecule has 0 unspecified atom stereocenters. The van der Waals surface area contributed by atoms with Gasteiger partial charge in [-0.2, -0.15) is 0 Å². The van der Waals surface area contributed by atoms with Gasteiger partial charge in [-0.3, -0.25) is 0 Å². The molecule has 1 aliphatic rings. The van der Waals surface area contributed by atoms with E-state index in [1.165, 1.54) is 6.08 Å². The number of isocyanates is 1. The summed E-state index contributed by atoms with van der Waals surface area (Å²) in [6.45, 7) is 2.53. The number of fused-ring (bicyclic) bond motifs is 1. The lowest BCUT2D eigenvalue weighted by atomic mass is 10.1. The molecule has 0 amide bonds. The van der Waals surface area contributed by atoms with Crippen LogP contribution >= 0.6 is 0 Å². The van der Waals surface area contributed by atoms with E-state index in [0.717, 1.165) is 22.6 Å². The summed E-state index contributed by atoms with van der Waals surface area (Å²) < 4.78 is 10.5. The van der Waals surface area contributed by atoms with Crippen molar-refractivity contribution in [2.75, 3.05) is 6.79 Å². The first-order chi connectivity index (χ1) is 6.81. The Hall–Kier alpha value is -1.80. The van der Waals surface area contributed by atoms with Gasteiger partial charge in [0.25, 0.3) is 0 Å². The van der Waals surface area contributed by atoms with Crippen LogP contribution in [0, 0.1) is 6.92 Å². The maximum absolute atomic E-state index is 9.95. The number of hydrogen-bond donors (Lipinski definition) is 0. The molecule has 1 heterocycles. The molecule has 0 radical (unpaired) electrons. The number of aliphatic imine (C=N–C) groups is 1. The van der Waals surface area contributed by atoms with Gasteiger partial charge in [0.2, 0.25) is 12.9 Å². The van der Waals surface area contributed by atoms with Gasteiger partial charge in [-0.15, -0.1) is 0 Å². The molecule has 2 rings (SSSR count). The highest BCUT2D eigenvalue weighted by Crippen LogP contribution is 2.36. The van der Waals surface area contributed by atoms with E-state index in [4.69, 9.17) is 9.47 Å². The van der Waals surface area contributed by atoms with Crippen LogP contribution in [0.4, 0.5) is 0 Å². The molecule has 1 aliphatic heterocycles. The predicted octanol–water partition coefficient (Wildman–Crippen LogP) is 1.56. The monoisotopic (exact) mass is 191 g/mol. The molecule has 0 saturated heterocycles. The van der Waals surface area contributed by atoms with Crippen molar-refractivity contribution in [1.29, 1.82) is 0 Å². The molecule has 4 heteroatoms. The number of rotatable bonds is 2. The van der Waals surface area contributed by atoms with E-state index >= 15 is 0 Å². The topological polar surface area (TPSA) is 47.9 Å². The summed E-state index contributed by atoms with van der Waals surface area (Å²) in [5.41, 5.74) is 1.92. The minimum Gasteiger partial charge on any atom is -0.454 e. The fourth-order valence-electron chi connectivity index (χ4n) is 1.47. The van der Waals surface area contributed by atoms with Crippen molar-refractivity contribution in [3.05, 3.63) is 23.3 Å². The number of hydrogen-bond acceptors (Lipinski definition) is 4. The molecule has 0 fully saturated rings. The second-order valence-electron chi connectivity index (χ2n) is 3.05. The highest BCUT2D eigenvalue weighted by atomic mass is 16.7. The quantitative estimate of drug-likeness (QED) is 0.526. The molecule has 0 saturated carbocycles. The van der Waals surface area contributed by atoms with Gasteiger partial charge in [0.15, 0.2) is 11.5 Å². The van der Waals surface area contributed by atoms with Crippen LogP contribution in [0.1, 0.15) is 11.1 Å². The molecule has 14 heavy (non-hydrogen) atoms. The lowest BCUT2D eigenvalue weighted by molar-refractivity contribution is 0.173. The van der Waals surface area contributed by atoms with Crippen molar-refractivity contribution in [3.63, 3.8) is 0 Å². The van der Waals surface area contributed by atoms with Crippen LogP contribution < -0.4 is 9.47 Å². The number of ether oxygens (including phenoxy) is 2. The standard InChI is InChI=1S/C10H9NO3/c1-7-2-8(4-11-5-12)3-9-10(7)14-6-13-9/h2-3H,4,6H2,1H3. The molecule has 72 valence electrons. The molecule has 0 N–H and O–H groups in total. The fourth-order valence-corrected chi connectivity index (χ4v) is 1.47. The first-order valence-corrected chi connectivity index (χ1v) is 4.24. The fraction of sp³-hybridized carbons (Fsp3) is 0.300. The Balaban J connectivity index is 2.36. The Morgan fingerprint density at radius 3 is 3.14 bits per heavy atom. The molecule has 0 spiro atoms. The van der Waals surface area contributed by atoms with E-state index in [2.05, 4.69) is 4.99 Å². The van der Waals surface area contributed by atoms with Crippen LogP contribution in [0.2, 0.25) is 0 Å². The van der Waals surface area contributed by atoms with E-state index in [9.17, 15) is 4.79 Å². The molecule has 0 aliphatic carbocycles. The minimum absolute atomic E-state index is 0.260. The Morgan fingerprint density at radius 2 is 2.36 bits per heavy atom. The molecule has 1 aromatic carbocycles. The maximum atomic E-state index is 9.95. The summed E-state index contributed by atoms with van der Waals surface area (Å²) in [5.74, 6) is 1.50. The Bertz CT molecular complexity index is 408. The zero-order valence-electron chi connectivity index (χ0n) is 7.74. The van der Waals surface area contributed by atoms with Crippen LogP contribution in [0.15, 0.2) is 17.1 Å². The SMILES string of the molecule is Cc1cc(CN=C=O)cc2c1OCO2. The van der Waals surface area contributed by atoms with E-state index in [0.29, 0.717) is 6.54 Å². The maximum Gasteiger partial charge on any atom is 0.235 e. The molecular formula is C10H9NO3. The smallest absolute Gasteiger partial charge is 0.235 e. The average molecular weight is 191 g/mol. The van der Waals surface area contributed by atoms with Gasteiger partial charge in [0.05, 0.1) is 6.54 Å². The van der Waals surface area contributed by atoms with Gasteiger partial charge in [-0.05, 0) is 24.1 Å². The second-order valence-corrected chi connectivity index (χ2v) is 3.05. The largest absolute Gasteiger partial charge is 0.454 e. The van der Waals surface area contributed by atoms with Crippen LogP contribution in [0.3, 0.4) is 0 Å². The highest BCUT2D eigenvalue weighted by molar-refractivity contribution is 5.50. The van der Waals surface area contributed by atoms with Crippen molar-refractivity contribution in [2.45, 2.75) is 13.5 Å². The number of aryl methyl sites for hydroxylation is 1. The first-order valence-electron chi connectivity index (χ1n) is 4.24. The second kappa shape index (κ2) is 3.52. The van der Waals surface area contributed by atoms with E-state index in [1.807, 2.05) is 19.1 Å². The summed E-state index contributed by atoms with van der Waals surface area (Å²) in [4.78, 5) is 13.5. The summed E-state index contributed by atoms with van der Waals surface area (Å²) in [5, 5.41) is 0. The van der Waals surface area contributed by atoms with Crippen molar-refractivity contribution in [2.24, 2.45) is 4.99 Å². The van der Waals surface area contributed by atoms with Crippen LogP contribution in [0.25, 0.3) is 0 Å². The zero-order valence-corrected chi connectivity index (χ0v) is 7.74.